The van der Waals surface area contributed by atoms with E-state index in [2.05, 4.69) is 10.3 Å². The maximum Gasteiger partial charge on any atom is 0.162 e. The predicted molar refractivity (Wildman–Crippen MR) is 44.2 cm³/mol. The van der Waals surface area contributed by atoms with Crippen molar-refractivity contribution < 1.29 is 4.39 Å². The van der Waals surface area contributed by atoms with E-state index in [0.29, 0.717) is 11.4 Å². The Kier molecular flexibility index (Phi) is 1.63. The molecule has 2 rings (SSSR count). The fraction of sp³-hybridized carbons (Fsp3) is 0. The number of benzene rings is 1. The van der Waals surface area contributed by atoms with Crippen LogP contribution >= 0.6 is 0 Å². The minimum absolute atomic E-state index is 0.288. The van der Waals surface area contributed by atoms with E-state index in [1.807, 2.05) is 0 Å². The second-order valence-corrected chi connectivity index (χ2v) is 2.36. The molecule has 12 heavy (non-hydrogen) atoms. The second kappa shape index (κ2) is 2.77. The summed E-state index contributed by atoms with van der Waals surface area (Å²) in [6, 6.07) is 6.45. The van der Waals surface area contributed by atoms with Crippen LogP contribution in [-0.4, -0.2) is 5.84 Å². The zero-order valence-electron chi connectivity index (χ0n) is 6.24. The highest BCUT2D eigenvalue weighted by Crippen LogP contribution is 2.09. The largest absolute Gasteiger partial charge is 0.235 e. The molecule has 0 fully saturated rings. The molecule has 0 aromatic heterocycles. The summed E-state index contributed by atoms with van der Waals surface area (Å²) >= 11 is 0. The molecule has 1 radical (unpaired) electrons. The van der Waals surface area contributed by atoms with Crippen molar-refractivity contribution in [1.29, 1.82) is 0 Å². The summed E-state index contributed by atoms with van der Waals surface area (Å²) in [4.78, 5) is 3.90. The minimum Gasteiger partial charge on any atom is -0.235 e. The summed E-state index contributed by atoms with van der Waals surface area (Å²) in [5.41, 5.74) is 0.447. The second-order valence-electron chi connectivity index (χ2n) is 2.36. The first-order valence-corrected chi connectivity index (χ1v) is 3.56. The van der Waals surface area contributed by atoms with E-state index in [-0.39, 0.29) is 5.82 Å². The molecular weight excluding hydrogens is 155 g/mol. The van der Waals surface area contributed by atoms with Gasteiger partial charge < -0.3 is 0 Å². The Morgan fingerprint density at radius 2 is 1.92 bits per heavy atom. The first-order valence-electron chi connectivity index (χ1n) is 3.56. The van der Waals surface area contributed by atoms with E-state index in [1.165, 1.54) is 6.07 Å². The SMILES string of the molecule is Fc1ccccc1C1=NC=C[N]1. The van der Waals surface area contributed by atoms with Gasteiger partial charge in [0.25, 0.3) is 0 Å². The lowest BCUT2D eigenvalue weighted by atomic mass is 10.2. The zero-order chi connectivity index (χ0) is 8.39. The van der Waals surface area contributed by atoms with Gasteiger partial charge in [0.15, 0.2) is 5.84 Å². The summed E-state index contributed by atoms with van der Waals surface area (Å²) in [5, 5.41) is 3.90. The Bertz CT molecular complexity index is 355. The van der Waals surface area contributed by atoms with Crippen LogP contribution < -0.4 is 5.32 Å². The van der Waals surface area contributed by atoms with Gasteiger partial charge in [-0.3, -0.25) is 0 Å². The molecule has 1 aliphatic rings. The summed E-state index contributed by atoms with van der Waals surface area (Å²) in [6.07, 6.45) is 3.09. The van der Waals surface area contributed by atoms with Crippen LogP contribution in [0.2, 0.25) is 0 Å². The average molecular weight is 161 g/mol. The molecule has 0 aliphatic carbocycles. The molecule has 0 N–H and O–H groups in total. The van der Waals surface area contributed by atoms with Crippen LogP contribution in [-0.2, 0) is 0 Å². The Morgan fingerprint density at radius 1 is 1.08 bits per heavy atom. The molecule has 1 heterocycles. The van der Waals surface area contributed by atoms with Gasteiger partial charge in [-0.2, -0.15) is 0 Å². The van der Waals surface area contributed by atoms with E-state index in [0.717, 1.165) is 0 Å². The number of halogens is 1. The predicted octanol–water partition coefficient (Wildman–Crippen LogP) is 1.66. The summed E-state index contributed by atoms with van der Waals surface area (Å²) in [5.74, 6) is 0.150. The van der Waals surface area contributed by atoms with Crippen molar-refractivity contribution in [3.8, 4) is 0 Å². The monoisotopic (exact) mass is 161 g/mol. The van der Waals surface area contributed by atoms with Crippen LogP contribution in [0.25, 0.3) is 0 Å². The number of nitrogens with zero attached hydrogens (tertiary/aromatic N) is 2. The molecule has 0 spiro atoms. The number of hydrogen-bond donors (Lipinski definition) is 0. The fourth-order valence-electron chi connectivity index (χ4n) is 1.02. The highest BCUT2D eigenvalue weighted by atomic mass is 19.1. The molecule has 0 unspecified atom stereocenters. The number of amidine groups is 1. The Balaban J connectivity index is 2.40. The first-order chi connectivity index (χ1) is 5.88. The molecule has 1 aliphatic heterocycles. The Morgan fingerprint density at radius 3 is 2.58 bits per heavy atom. The van der Waals surface area contributed by atoms with Crippen molar-refractivity contribution >= 4 is 5.84 Å². The minimum atomic E-state index is -0.288. The molecule has 0 saturated heterocycles. The highest BCUT2D eigenvalue weighted by molar-refractivity contribution is 6.00. The normalized spacial score (nSPS) is 14.2. The van der Waals surface area contributed by atoms with Crippen molar-refractivity contribution in [2.24, 2.45) is 4.99 Å². The van der Waals surface area contributed by atoms with Crippen LogP contribution in [0.15, 0.2) is 41.7 Å². The smallest absolute Gasteiger partial charge is 0.162 e. The van der Waals surface area contributed by atoms with Crippen molar-refractivity contribution in [2.45, 2.75) is 0 Å². The summed E-state index contributed by atoms with van der Waals surface area (Å²) in [7, 11) is 0. The summed E-state index contributed by atoms with van der Waals surface area (Å²) < 4.78 is 13.1. The molecule has 1 aromatic carbocycles. The van der Waals surface area contributed by atoms with Gasteiger partial charge in [-0.05, 0) is 12.1 Å². The third kappa shape index (κ3) is 1.09. The lowest BCUT2D eigenvalue weighted by Crippen LogP contribution is -2.09. The third-order valence-corrected chi connectivity index (χ3v) is 1.58. The van der Waals surface area contributed by atoms with Crippen molar-refractivity contribution in [3.63, 3.8) is 0 Å². The van der Waals surface area contributed by atoms with E-state index in [4.69, 9.17) is 0 Å². The van der Waals surface area contributed by atoms with Gasteiger partial charge in [-0.25, -0.2) is 14.7 Å². The van der Waals surface area contributed by atoms with Crippen LogP contribution in [0.3, 0.4) is 0 Å². The van der Waals surface area contributed by atoms with E-state index in [1.54, 1.807) is 30.6 Å². The third-order valence-electron chi connectivity index (χ3n) is 1.58. The molecule has 2 nitrogen and oxygen atoms in total. The topological polar surface area (TPSA) is 26.5 Å². The zero-order valence-corrected chi connectivity index (χ0v) is 6.24. The van der Waals surface area contributed by atoms with Gasteiger partial charge in [-0.1, -0.05) is 12.1 Å². The van der Waals surface area contributed by atoms with Crippen LogP contribution in [0.4, 0.5) is 4.39 Å². The Labute approximate surface area is 69.4 Å². The molecule has 0 amide bonds. The maximum atomic E-state index is 13.1. The van der Waals surface area contributed by atoms with Crippen molar-refractivity contribution in [2.75, 3.05) is 0 Å². The molecule has 0 atom stereocenters. The number of aliphatic imine (C=N–C) groups is 1. The van der Waals surface area contributed by atoms with Gasteiger partial charge in [-0.15, -0.1) is 0 Å². The molecular formula is C9H6FN2. The van der Waals surface area contributed by atoms with Gasteiger partial charge in [0.2, 0.25) is 0 Å². The average Bonchev–Trinajstić information content (AvgIpc) is 2.57. The van der Waals surface area contributed by atoms with E-state index in [9.17, 15) is 4.39 Å². The fourth-order valence-corrected chi connectivity index (χ4v) is 1.02. The molecule has 0 saturated carbocycles. The lowest BCUT2D eigenvalue weighted by Gasteiger charge is -1.99. The Hall–Kier alpha value is -1.64. The first kappa shape index (κ1) is 7.03. The number of hydrogen-bond acceptors (Lipinski definition) is 1. The maximum absolute atomic E-state index is 13.1. The molecule has 3 heteroatoms. The van der Waals surface area contributed by atoms with Gasteiger partial charge in [0, 0.05) is 12.4 Å². The number of rotatable bonds is 1. The highest BCUT2D eigenvalue weighted by Gasteiger charge is 2.09. The van der Waals surface area contributed by atoms with Gasteiger partial charge >= 0.3 is 0 Å². The van der Waals surface area contributed by atoms with E-state index >= 15 is 0 Å². The molecule has 59 valence electrons. The van der Waals surface area contributed by atoms with Crippen LogP contribution in [0.1, 0.15) is 5.56 Å². The standard InChI is InChI=1S/C9H6FN2/c10-8-4-2-1-3-7(8)9-11-5-6-12-9/h1-6H. The lowest BCUT2D eigenvalue weighted by molar-refractivity contribution is 0.624. The molecule has 1 aromatic rings. The van der Waals surface area contributed by atoms with Crippen LogP contribution in [0, 0.1) is 5.82 Å². The van der Waals surface area contributed by atoms with Crippen molar-refractivity contribution in [1.82, 2.24) is 5.32 Å². The van der Waals surface area contributed by atoms with Crippen LogP contribution in [0.5, 0.6) is 0 Å². The van der Waals surface area contributed by atoms with E-state index < -0.39 is 0 Å². The van der Waals surface area contributed by atoms with Crippen molar-refractivity contribution in [3.05, 3.63) is 48.0 Å². The van der Waals surface area contributed by atoms with Gasteiger partial charge in [0.1, 0.15) is 5.82 Å². The summed E-state index contributed by atoms with van der Waals surface area (Å²) in [6.45, 7) is 0. The molecule has 0 bridgehead atoms. The quantitative estimate of drug-likeness (QED) is 0.599. The van der Waals surface area contributed by atoms with Gasteiger partial charge in [0.05, 0.1) is 5.56 Å².